The first kappa shape index (κ1) is 16.9. The van der Waals surface area contributed by atoms with Crippen molar-refractivity contribution in [3.63, 3.8) is 0 Å². The summed E-state index contributed by atoms with van der Waals surface area (Å²) in [6.07, 6.45) is 1.16. The molecular weight excluding hydrogens is 260 g/mol. The summed E-state index contributed by atoms with van der Waals surface area (Å²) in [5.74, 6) is -0.937. The molecule has 116 valence electrons. The first-order valence-electron chi connectivity index (χ1n) is 7.18. The van der Waals surface area contributed by atoms with Gasteiger partial charge in [-0.15, -0.1) is 0 Å². The van der Waals surface area contributed by atoms with Crippen LogP contribution in [0.25, 0.3) is 0 Å². The summed E-state index contributed by atoms with van der Waals surface area (Å²) in [5, 5.41) is 11.6. The van der Waals surface area contributed by atoms with Gasteiger partial charge in [0.05, 0.1) is 19.6 Å². The maximum Gasteiger partial charge on any atom is 0.303 e. The molecule has 2 N–H and O–H groups in total. The Labute approximate surface area is 120 Å². The lowest BCUT2D eigenvalue weighted by atomic mass is 9.85. The first-order valence-corrected chi connectivity index (χ1v) is 7.18. The zero-order chi connectivity index (χ0) is 15.0. The van der Waals surface area contributed by atoms with Gasteiger partial charge in [0.15, 0.2) is 0 Å². The normalized spacial score (nSPS) is 16.9. The molecule has 0 spiro atoms. The minimum absolute atomic E-state index is 0.00813. The molecule has 1 aliphatic rings. The van der Waals surface area contributed by atoms with Gasteiger partial charge in [-0.2, -0.15) is 0 Å². The van der Waals surface area contributed by atoms with E-state index in [-0.39, 0.29) is 18.7 Å². The van der Waals surface area contributed by atoms with E-state index in [4.69, 9.17) is 9.84 Å². The van der Waals surface area contributed by atoms with E-state index in [0.717, 1.165) is 39.3 Å². The third-order valence-corrected chi connectivity index (χ3v) is 3.35. The highest BCUT2D eigenvalue weighted by atomic mass is 16.5. The average molecular weight is 286 g/mol. The van der Waals surface area contributed by atoms with E-state index in [2.05, 4.69) is 10.2 Å². The van der Waals surface area contributed by atoms with Crippen LogP contribution in [0.4, 0.5) is 0 Å². The number of rotatable bonds is 8. The number of carboxylic acids is 1. The van der Waals surface area contributed by atoms with Crippen LogP contribution in [-0.2, 0) is 14.3 Å². The van der Waals surface area contributed by atoms with E-state index < -0.39 is 11.4 Å². The monoisotopic (exact) mass is 286 g/mol. The number of carboxylic acid groups (broad SMARTS) is 1. The van der Waals surface area contributed by atoms with Gasteiger partial charge in [-0.05, 0) is 18.4 Å². The maximum atomic E-state index is 11.8. The third kappa shape index (κ3) is 7.45. The summed E-state index contributed by atoms with van der Waals surface area (Å²) in [6.45, 7) is 8.69. The minimum Gasteiger partial charge on any atom is -0.481 e. The second kappa shape index (κ2) is 8.21. The number of hydrogen-bond acceptors (Lipinski definition) is 4. The molecule has 1 aliphatic heterocycles. The van der Waals surface area contributed by atoms with Crippen molar-refractivity contribution in [1.82, 2.24) is 10.2 Å². The predicted octanol–water partition coefficient (Wildman–Crippen LogP) is 0.716. The Morgan fingerprint density at radius 3 is 2.50 bits per heavy atom. The molecule has 0 aromatic heterocycles. The van der Waals surface area contributed by atoms with Crippen molar-refractivity contribution in [2.24, 2.45) is 5.41 Å². The second-order valence-electron chi connectivity index (χ2n) is 6.07. The van der Waals surface area contributed by atoms with Crippen molar-refractivity contribution in [2.75, 3.05) is 39.4 Å². The van der Waals surface area contributed by atoms with Gasteiger partial charge in [0.2, 0.25) is 5.91 Å². The van der Waals surface area contributed by atoms with E-state index in [1.54, 1.807) is 13.8 Å². The van der Waals surface area contributed by atoms with Crippen LogP contribution < -0.4 is 5.32 Å². The summed E-state index contributed by atoms with van der Waals surface area (Å²) in [4.78, 5) is 24.8. The van der Waals surface area contributed by atoms with Crippen LogP contribution in [0.5, 0.6) is 0 Å². The van der Waals surface area contributed by atoms with E-state index in [0.29, 0.717) is 6.54 Å². The van der Waals surface area contributed by atoms with Crippen LogP contribution in [0.1, 0.15) is 33.1 Å². The predicted molar refractivity (Wildman–Crippen MR) is 75.5 cm³/mol. The Morgan fingerprint density at radius 2 is 1.90 bits per heavy atom. The molecule has 1 fully saturated rings. The molecule has 6 nitrogen and oxygen atoms in total. The quantitative estimate of drug-likeness (QED) is 0.643. The van der Waals surface area contributed by atoms with E-state index >= 15 is 0 Å². The van der Waals surface area contributed by atoms with Crippen LogP contribution >= 0.6 is 0 Å². The minimum atomic E-state index is -0.866. The van der Waals surface area contributed by atoms with Crippen LogP contribution in [0, 0.1) is 5.41 Å². The molecule has 0 unspecified atom stereocenters. The van der Waals surface area contributed by atoms with Crippen molar-refractivity contribution in [3.05, 3.63) is 0 Å². The number of nitrogens with zero attached hydrogens (tertiary/aromatic N) is 1. The van der Waals surface area contributed by atoms with E-state index in [1.165, 1.54) is 0 Å². The van der Waals surface area contributed by atoms with Gasteiger partial charge >= 0.3 is 5.97 Å². The lowest BCUT2D eigenvalue weighted by Crippen LogP contribution is -2.38. The molecule has 0 atom stereocenters. The topological polar surface area (TPSA) is 78.9 Å². The fourth-order valence-electron chi connectivity index (χ4n) is 2.32. The standard InChI is InChI=1S/C14H26N2O4/c1-14(2,11-13(18)19)10-12(17)15-4-3-5-16-6-8-20-9-7-16/h3-11H2,1-2H3,(H,15,17)(H,18,19). The van der Waals surface area contributed by atoms with Gasteiger partial charge in [-0.25, -0.2) is 0 Å². The largest absolute Gasteiger partial charge is 0.481 e. The van der Waals surface area contributed by atoms with Crippen LogP contribution in [0.3, 0.4) is 0 Å². The Bertz CT molecular complexity index is 325. The van der Waals surface area contributed by atoms with Crippen molar-refractivity contribution in [3.8, 4) is 0 Å². The number of hydrogen-bond donors (Lipinski definition) is 2. The second-order valence-corrected chi connectivity index (χ2v) is 6.07. The maximum absolute atomic E-state index is 11.8. The van der Waals surface area contributed by atoms with E-state index in [1.807, 2.05) is 0 Å². The molecule has 1 amide bonds. The molecule has 1 heterocycles. The fraction of sp³-hybridized carbons (Fsp3) is 0.857. The van der Waals surface area contributed by atoms with Gasteiger partial charge in [-0.3, -0.25) is 14.5 Å². The number of aliphatic carboxylic acids is 1. The van der Waals surface area contributed by atoms with Crippen molar-refractivity contribution in [1.29, 1.82) is 0 Å². The van der Waals surface area contributed by atoms with Crippen molar-refractivity contribution < 1.29 is 19.4 Å². The molecule has 0 aliphatic carbocycles. The van der Waals surface area contributed by atoms with Gasteiger partial charge in [0.1, 0.15) is 0 Å². The summed E-state index contributed by atoms with van der Waals surface area (Å²) in [7, 11) is 0. The Morgan fingerprint density at radius 1 is 1.25 bits per heavy atom. The molecule has 6 heteroatoms. The number of nitrogens with one attached hydrogen (secondary N) is 1. The summed E-state index contributed by atoms with van der Waals surface area (Å²) >= 11 is 0. The molecule has 0 aromatic rings. The van der Waals surface area contributed by atoms with Crippen molar-refractivity contribution in [2.45, 2.75) is 33.1 Å². The number of ether oxygens (including phenoxy) is 1. The first-order chi connectivity index (χ1) is 9.39. The summed E-state index contributed by atoms with van der Waals surface area (Å²) < 4.78 is 5.27. The van der Waals surface area contributed by atoms with Crippen LogP contribution in [0.2, 0.25) is 0 Å². The summed E-state index contributed by atoms with van der Waals surface area (Å²) in [6, 6.07) is 0. The van der Waals surface area contributed by atoms with Crippen LogP contribution in [-0.4, -0.2) is 61.3 Å². The Balaban J connectivity index is 2.11. The lowest BCUT2D eigenvalue weighted by Gasteiger charge is -2.26. The zero-order valence-electron chi connectivity index (χ0n) is 12.5. The van der Waals surface area contributed by atoms with Gasteiger partial charge in [0.25, 0.3) is 0 Å². The molecule has 1 rings (SSSR count). The lowest BCUT2D eigenvalue weighted by molar-refractivity contribution is -0.139. The van der Waals surface area contributed by atoms with Gasteiger partial charge < -0.3 is 15.2 Å². The molecule has 0 radical (unpaired) electrons. The molecule has 0 bridgehead atoms. The highest BCUT2D eigenvalue weighted by Gasteiger charge is 2.24. The SMILES string of the molecule is CC(C)(CC(=O)O)CC(=O)NCCCN1CCOCC1. The summed E-state index contributed by atoms with van der Waals surface area (Å²) in [5.41, 5.74) is -0.500. The van der Waals surface area contributed by atoms with Crippen molar-refractivity contribution >= 4 is 11.9 Å². The van der Waals surface area contributed by atoms with Crippen LogP contribution in [0.15, 0.2) is 0 Å². The molecule has 1 saturated heterocycles. The number of amides is 1. The number of carbonyl (C=O) groups is 2. The Hall–Kier alpha value is -1.14. The highest BCUT2D eigenvalue weighted by molar-refractivity contribution is 5.77. The fourth-order valence-corrected chi connectivity index (χ4v) is 2.32. The van der Waals surface area contributed by atoms with Gasteiger partial charge in [0, 0.05) is 26.1 Å². The highest BCUT2D eigenvalue weighted by Crippen LogP contribution is 2.24. The zero-order valence-corrected chi connectivity index (χ0v) is 12.5. The molecule has 20 heavy (non-hydrogen) atoms. The molecular formula is C14H26N2O4. The molecule has 0 saturated carbocycles. The number of morpholine rings is 1. The average Bonchev–Trinajstić information content (AvgIpc) is 2.33. The van der Waals surface area contributed by atoms with Gasteiger partial charge in [-0.1, -0.05) is 13.8 Å². The third-order valence-electron chi connectivity index (χ3n) is 3.35. The molecule has 0 aromatic carbocycles. The van der Waals surface area contributed by atoms with E-state index in [9.17, 15) is 9.59 Å². The Kier molecular flexibility index (Phi) is 6.95. The smallest absolute Gasteiger partial charge is 0.303 e. The number of carbonyl (C=O) groups excluding carboxylic acids is 1.